The zero-order valence-corrected chi connectivity index (χ0v) is 18.5. The Morgan fingerprint density at radius 2 is 1.83 bits per heavy atom. The molecule has 0 aromatic heterocycles. The Labute approximate surface area is 188 Å². The van der Waals surface area contributed by atoms with Crippen molar-refractivity contribution in [2.75, 3.05) is 6.61 Å². The molecule has 0 saturated carbocycles. The van der Waals surface area contributed by atoms with E-state index in [1.54, 1.807) is 12.1 Å². The van der Waals surface area contributed by atoms with E-state index in [-0.39, 0.29) is 11.3 Å². The highest BCUT2D eigenvalue weighted by molar-refractivity contribution is 14.1. The maximum Gasteiger partial charge on any atom is 0.275 e. The standard InChI is InChI=1S/C23H21IN2O4/c1-2-29-21-13-17(14-25-26-23(28)18-10-6-7-11-20(18)27)12-19(24)22(21)30-15-16-8-4-3-5-9-16/h3-14,27H,2,15H2,1H3,(H,26,28)/b25-14-. The minimum Gasteiger partial charge on any atom is -0.507 e. The second kappa shape index (κ2) is 10.6. The van der Waals surface area contributed by atoms with Crippen LogP contribution in [0.4, 0.5) is 0 Å². The number of para-hydroxylation sites is 1. The molecule has 6 nitrogen and oxygen atoms in total. The average molecular weight is 516 g/mol. The third-order valence-electron chi connectivity index (χ3n) is 4.09. The SMILES string of the molecule is CCOc1cc(/C=N\NC(=O)c2ccccc2O)cc(I)c1OCc1ccccc1. The van der Waals surface area contributed by atoms with Crippen LogP contribution in [0.25, 0.3) is 0 Å². The number of amides is 1. The fourth-order valence-electron chi connectivity index (χ4n) is 2.69. The second-order valence-electron chi connectivity index (χ2n) is 6.25. The maximum atomic E-state index is 12.1. The van der Waals surface area contributed by atoms with E-state index in [2.05, 4.69) is 33.1 Å². The summed E-state index contributed by atoms with van der Waals surface area (Å²) in [7, 11) is 0. The van der Waals surface area contributed by atoms with Crippen molar-refractivity contribution in [2.24, 2.45) is 5.10 Å². The molecule has 0 aliphatic heterocycles. The fourth-order valence-corrected chi connectivity index (χ4v) is 3.47. The maximum absolute atomic E-state index is 12.1. The monoisotopic (exact) mass is 516 g/mol. The molecule has 0 radical (unpaired) electrons. The van der Waals surface area contributed by atoms with Gasteiger partial charge in [-0.1, -0.05) is 42.5 Å². The first-order valence-corrected chi connectivity index (χ1v) is 10.4. The summed E-state index contributed by atoms with van der Waals surface area (Å²) >= 11 is 2.19. The molecule has 154 valence electrons. The van der Waals surface area contributed by atoms with Gasteiger partial charge in [-0.05, 0) is 64.9 Å². The van der Waals surface area contributed by atoms with Gasteiger partial charge in [0.15, 0.2) is 11.5 Å². The molecule has 0 atom stereocenters. The van der Waals surface area contributed by atoms with Crippen molar-refractivity contribution in [2.45, 2.75) is 13.5 Å². The van der Waals surface area contributed by atoms with Crippen LogP contribution in [0.5, 0.6) is 17.2 Å². The molecular formula is C23H21IN2O4. The Bertz CT molecular complexity index is 1040. The summed E-state index contributed by atoms with van der Waals surface area (Å²) < 4.78 is 12.6. The van der Waals surface area contributed by atoms with Crippen LogP contribution in [0.1, 0.15) is 28.4 Å². The largest absolute Gasteiger partial charge is 0.507 e. The lowest BCUT2D eigenvalue weighted by atomic mass is 10.2. The Kier molecular flexibility index (Phi) is 7.67. The van der Waals surface area contributed by atoms with Gasteiger partial charge in [-0.15, -0.1) is 0 Å². The van der Waals surface area contributed by atoms with E-state index in [0.29, 0.717) is 24.7 Å². The molecule has 0 unspecified atom stereocenters. The number of ether oxygens (including phenoxy) is 2. The van der Waals surface area contributed by atoms with E-state index in [1.165, 1.54) is 18.3 Å². The smallest absolute Gasteiger partial charge is 0.275 e. The average Bonchev–Trinajstić information content (AvgIpc) is 2.74. The van der Waals surface area contributed by atoms with Crippen molar-refractivity contribution in [3.8, 4) is 17.2 Å². The molecule has 0 aliphatic carbocycles. The van der Waals surface area contributed by atoms with Gasteiger partial charge in [0.25, 0.3) is 5.91 Å². The Hall–Kier alpha value is -3.07. The van der Waals surface area contributed by atoms with E-state index in [4.69, 9.17) is 9.47 Å². The zero-order chi connectivity index (χ0) is 21.3. The van der Waals surface area contributed by atoms with Crippen LogP contribution in [0, 0.1) is 3.57 Å². The van der Waals surface area contributed by atoms with Crippen molar-refractivity contribution in [3.63, 3.8) is 0 Å². The lowest BCUT2D eigenvalue weighted by molar-refractivity contribution is 0.0952. The first kappa shape index (κ1) is 21.6. The predicted molar refractivity (Wildman–Crippen MR) is 124 cm³/mol. The lowest BCUT2D eigenvalue weighted by Gasteiger charge is -2.14. The number of hydrogen-bond acceptors (Lipinski definition) is 5. The van der Waals surface area contributed by atoms with Crippen LogP contribution >= 0.6 is 22.6 Å². The number of phenolic OH excluding ortho intramolecular Hbond substituents is 1. The summed E-state index contributed by atoms with van der Waals surface area (Å²) in [5.41, 5.74) is 4.38. The van der Waals surface area contributed by atoms with Gasteiger partial charge in [0.05, 0.1) is 22.0 Å². The van der Waals surface area contributed by atoms with Crippen LogP contribution < -0.4 is 14.9 Å². The summed E-state index contributed by atoms with van der Waals surface area (Å²) in [4.78, 5) is 12.1. The predicted octanol–water partition coefficient (Wildman–Crippen LogP) is 4.74. The van der Waals surface area contributed by atoms with Crippen LogP contribution in [0.15, 0.2) is 71.8 Å². The number of phenols is 1. The van der Waals surface area contributed by atoms with E-state index in [1.807, 2.05) is 49.4 Å². The molecule has 0 aliphatic rings. The van der Waals surface area contributed by atoms with Crippen LogP contribution in [-0.2, 0) is 6.61 Å². The van der Waals surface area contributed by atoms with Crippen LogP contribution in [-0.4, -0.2) is 23.8 Å². The molecular weight excluding hydrogens is 495 g/mol. The molecule has 2 N–H and O–H groups in total. The van der Waals surface area contributed by atoms with E-state index in [0.717, 1.165) is 14.7 Å². The molecule has 0 fully saturated rings. The summed E-state index contributed by atoms with van der Waals surface area (Å²) in [5, 5.41) is 13.7. The molecule has 7 heteroatoms. The van der Waals surface area contributed by atoms with Crippen molar-refractivity contribution in [3.05, 3.63) is 87.0 Å². The number of carbonyl (C=O) groups is 1. The lowest BCUT2D eigenvalue weighted by Crippen LogP contribution is -2.17. The number of hydrogen-bond donors (Lipinski definition) is 2. The number of benzene rings is 3. The summed E-state index contributed by atoms with van der Waals surface area (Å²) in [6.45, 7) is 2.82. The zero-order valence-electron chi connectivity index (χ0n) is 16.3. The summed E-state index contributed by atoms with van der Waals surface area (Å²) in [5.74, 6) is 0.677. The molecule has 0 spiro atoms. The number of rotatable bonds is 8. The van der Waals surface area contributed by atoms with E-state index in [9.17, 15) is 9.90 Å². The Balaban J connectivity index is 1.73. The third kappa shape index (κ3) is 5.73. The van der Waals surface area contributed by atoms with Crippen molar-refractivity contribution < 1.29 is 19.4 Å². The van der Waals surface area contributed by atoms with E-state index < -0.39 is 5.91 Å². The molecule has 3 aromatic carbocycles. The number of nitrogens with one attached hydrogen (secondary N) is 1. The topological polar surface area (TPSA) is 80.2 Å². The number of carbonyl (C=O) groups excluding carboxylic acids is 1. The van der Waals surface area contributed by atoms with Crippen LogP contribution in [0.3, 0.4) is 0 Å². The molecule has 3 aromatic rings. The summed E-state index contributed by atoms with van der Waals surface area (Å²) in [6, 6.07) is 19.9. The highest BCUT2D eigenvalue weighted by atomic mass is 127. The van der Waals surface area contributed by atoms with Gasteiger partial charge in [-0.3, -0.25) is 4.79 Å². The van der Waals surface area contributed by atoms with Crippen molar-refractivity contribution in [1.82, 2.24) is 5.43 Å². The molecule has 1 amide bonds. The molecule has 3 rings (SSSR count). The fraction of sp³-hybridized carbons (Fsp3) is 0.130. The normalized spacial score (nSPS) is 10.7. The Morgan fingerprint density at radius 3 is 2.57 bits per heavy atom. The van der Waals surface area contributed by atoms with Crippen LogP contribution in [0.2, 0.25) is 0 Å². The second-order valence-corrected chi connectivity index (χ2v) is 7.42. The first-order chi connectivity index (χ1) is 14.6. The van der Waals surface area contributed by atoms with Gasteiger partial charge in [0.1, 0.15) is 12.4 Å². The van der Waals surface area contributed by atoms with Gasteiger partial charge in [-0.25, -0.2) is 5.43 Å². The van der Waals surface area contributed by atoms with E-state index >= 15 is 0 Å². The van der Waals surface area contributed by atoms with Crippen molar-refractivity contribution >= 4 is 34.7 Å². The van der Waals surface area contributed by atoms with Crippen molar-refractivity contribution in [1.29, 1.82) is 0 Å². The highest BCUT2D eigenvalue weighted by Gasteiger charge is 2.13. The Morgan fingerprint density at radius 1 is 1.10 bits per heavy atom. The minimum atomic E-state index is -0.494. The number of halogens is 1. The first-order valence-electron chi connectivity index (χ1n) is 9.33. The van der Waals surface area contributed by atoms with Gasteiger partial charge in [-0.2, -0.15) is 5.10 Å². The number of nitrogens with zero attached hydrogens (tertiary/aromatic N) is 1. The van der Waals surface area contributed by atoms with Gasteiger partial charge < -0.3 is 14.6 Å². The highest BCUT2D eigenvalue weighted by Crippen LogP contribution is 2.34. The number of hydrazone groups is 1. The van der Waals surface area contributed by atoms with Gasteiger partial charge >= 0.3 is 0 Å². The number of aromatic hydroxyl groups is 1. The summed E-state index contributed by atoms with van der Waals surface area (Å²) in [6.07, 6.45) is 1.52. The molecule has 0 bridgehead atoms. The quantitative estimate of drug-likeness (QED) is 0.258. The van der Waals surface area contributed by atoms with Gasteiger partial charge in [0.2, 0.25) is 0 Å². The van der Waals surface area contributed by atoms with Gasteiger partial charge in [0, 0.05) is 0 Å². The minimum absolute atomic E-state index is 0.0988. The third-order valence-corrected chi connectivity index (χ3v) is 4.89. The molecule has 30 heavy (non-hydrogen) atoms. The molecule has 0 saturated heterocycles. The molecule has 0 heterocycles.